The maximum absolute atomic E-state index is 13.7. The summed E-state index contributed by atoms with van der Waals surface area (Å²) < 4.78 is 41.0. The molecule has 5 heteroatoms. The molecule has 3 rings (SSSR count). The van der Waals surface area contributed by atoms with Crippen LogP contribution < -0.4 is 0 Å². The summed E-state index contributed by atoms with van der Waals surface area (Å²) in [7, 11) is 0. The number of aliphatic hydroxyl groups is 2. The van der Waals surface area contributed by atoms with Crippen molar-refractivity contribution in [2.45, 2.75) is 69.9 Å². The van der Waals surface area contributed by atoms with Crippen LogP contribution in [0, 0.1) is 5.92 Å². The second kappa shape index (κ2) is 11.1. The van der Waals surface area contributed by atoms with E-state index in [0.29, 0.717) is 42.7 Å². The zero-order chi connectivity index (χ0) is 22.3. The first-order valence-electron chi connectivity index (χ1n) is 11.4. The highest BCUT2D eigenvalue weighted by molar-refractivity contribution is 5.35. The number of halogens is 3. The van der Waals surface area contributed by atoms with Crippen LogP contribution in [0.4, 0.5) is 13.2 Å². The normalized spacial score (nSPS) is 15.5. The van der Waals surface area contributed by atoms with Crippen LogP contribution in [0.3, 0.4) is 0 Å². The molecule has 1 aliphatic rings. The van der Waals surface area contributed by atoms with Crippen molar-refractivity contribution in [3.05, 3.63) is 70.3 Å². The van der Waals surface area contributed by atoms with Crippen LogP contribution in [-0.2, 0) is 25.4 Å². The highest BCUT2D eigenvalue weighted by Gasteiger charge is 2.33. The van der Waals surface area contributed by atoms with Gasteiger partial charge in [-0.05, 0) is 72.8 Å². The number of aliphatic hydroxyl groups excluding tert-OH is 2. The molecule has 0 aliphatic heterocycles. The van der Waals surface area contributed by atoms with E-state index in [0.717, 1.165) is 5.56 Å². The Morgan fingerprint density at radius 2 is 1.45 bits per heavy atom. The molecule has 0 amide bonds. The molecule has 2 nitrogen and oxygen atoms in total. The average Bonchev–Trinajstić information content (AvgIpc) is 2.79. The van der Waals surface area contributed by atoms with Gasteiger partial charge in [0.25, 0.3) is 0 Å². The largest absolute Gasteiger partial charge is 0.416 e. The number of benzene rings is 2. The molecule has 0 atom stereocenters. The summed E-state index contributed by atoms with van der Waals surface area (Å²) in [6.45, 7) is -0.333. The van der Waals surface area contributed by atoms with Crippen LogP contribution >= 0.6 is 0 Å². The van der Waals surface area contributed by atoms with Gasteiger partial charge in [-0.3, -0.25) is 0 Å². The van der Waals surface area contributed by atoms with Gasteiger partial charge in [0.05, 0.1) is 5.56 Å². The summed E-state index contributed by atoms with van der Waals surface area (Å²) >= 11 is 0. The summed E-state index contributed by atoms with van der Waals surface area (Å²) in [6.07, 6.45) is 3.72. The fourth-order valence-electron chi connectivity index (χ4n) is 4.54. The van der Waals surface area contributed by atoms with Gasteiger partial charge in [-0.15, -0.1) is 0 Å². The smallest absolute Gasteiger partial charge is 0.396 e. The molecule has 2 aromatic rings. The van der Waals surface area contributed by atoms with Crippen molar-refractivity contribution in [1.82, 2.24) is 0 Å². The monoisotopic (exact) mass is 434 g/mol. The van der Waals surface area contributed by atoms with Gasteiger partial charge in [0.1, 0.15) is 0 Å². The Bertz CT molecular complexity index is 804. The first-order chi connectivity index (χ1) is 14.9. The Kier molecular flexibility index (Phi) is 8.56. The van der Waals surface area contributed by atoms with E-state index < -0.39 is 11.7 Å². The Hall–Kier alpha value is -1.85. The molecule has 170 valence electrons. The molecule has 0 heterocycles. The lowest BCUT2D eigenvalue weighted by Crippen LogP contribution is -2.13. The third kappa shape index (κ3) is 6.81. The van der Waals surface area contributed by atoms with Crippen LogP contribution in [0.2, 0.25) is 0 Å². The third-order valence-corrected chi connectivity index (χ3v) is 6.58. The van der Waals surface area contributed by atoms with Crippen molar-refractivity contribution < 1.29 is 23.4 Å². The molecule has 0 spiro atoms. The summed E-state index contributed by atoms with van der Waals surface area (Å²) in [5.41, 5.74) is 2.74. The predicted molar refractivity (Wildman–Crippen MR) is 117 cm³/mol. The zero-order valence-electron chi connectivity index (χ0n) is 18.0. The quantitative estimate of drug-likeness (QED) is 0.503. The zero-order valence-corrected chi connectivity index (χ0v) is 18.0. The molecule has 1 fully saturated rings. The minimum absolute atomic E-state index is 0.166. The Labute approximate surface area is 183 Å². The molecule has 0 unspecified atom stereocenters. The molecule has 0 radical (unpaired) electrons. The van der Waals surface area contributed by atoms with Gasteiger partial charge < -0.3 is 10.2 Å². The van der Waals surface area contributed by atoms with Crippen LogP contribution in [-0.4, -0.2) is 23.4 Å². The van der Waals surface area contributed by atoms with Crippen molar-refractivity contribution in [2.24, 2.45) is 5.92 Å². The third-order valence-electron chi connectivity index (χ3n) is 6.58. The number of hydrogen-bond donors (Lipinski definition) is 2. The lowest BCUT2D eigenvalue weighted by Gasteiger charge is -2.22. The molecule has 31 heavy (non-hydrogen) atoms. The number of alkyl halides is 3. The highest BCUT2D eigenvalue weighted by Crippen LogP contribution is 2.35. The van der Waals surface area contributed by atoms with E-state index in [1.807, 2.05) is 0 Å². The molecule has 2 aromatic carbocycles. The van der Waals surface area contributed by atoms with Crippen molar-refractivity contribution in [2.75, 3.05) is 13.2 Å². The van der Waals surface area contributed by atoms with Gasteiger partial charge >= 0.3 is 6.18 Å². The SMILES string of the molecule is OCC(CO)CCc1ccc(CCc2ccc(C3CCCCC3)cc2)c(C(F)(F)F)c1. The minimum Gasteiger partial charge on any atom is -0.396 e. The summed E-state index contributed by atoms with van der Waals surface area (Å²) in [6, 6.07) is 13.0. The summed E-state index contributed by atoms with van der Waals surface area (Å²) in [4.78, 5) is 0. The van der Waals surface area contributed by atoms with E-state index in [2.05, 4.69) is 24.3 Å². The van der Waals surface area contributed by atoms with Gasteiger partial charge in [-0.25, -0.2) is 0 Å². The van der Waals surface area contributed by atoms with Gasteiger partial charge in [0.15, 0.2) is 0 Å². The number of aryl methyl sites for hydroxylation is 3. The molecular formula is C26H33F3O2. The molecule has 2 N–H and O–H groups in total. The molecule has 0 saturated heterocycles. The van der Waals surface area contributed by atoms with E-state index in [1.165, 1.54) is 43.7 Å². The summed E-state index contributed by atoms with van der Waals surface area (Å²) in [5.74, 6) is 0.328. The Morgan fingerprint density at radius 1 is 0.806 bits per heavy atom. The molecular weight excluding hydrogens is 401 g/mol. The lowest BCUT2D eigenvalue weighted by molar-refractivity contribution is -0.138. The fourth-order valence-corrected chi connectivity index (χ4v) is 4.54. The standard InChI is InChI=1S/C26H33F3O2/c27-26(28,29)25-16-20(6-7-21(17-30)18-31)11-15-24(25)14-10-19-8-12-23(13-9-19)22-4-2-1-3-5-22/h8-9,11-13,15-16,21-22,30-31H,1-7,10,14,17-18H2. The van der Waals surface area contributed by atoms with Gasteiger partial charge in [-0.2, -0.15) is 13.2 Å². The predicted octanol–water partition coefficient (Wildman–Crippen LogP) is 6.07. The fraction of sp³-hybridized carbons (Fsp3) is 0.538. The van der Waals surface area contributed by atoms with Crippen LogP contribution in [0.5, 0.6) is 0 Å². The lowest BCUT2D eigenvalue weighted by atomic mass is 9.84. The second-order valence-electron chi connectivity index (χ2n) is 8.84. The van der Waals surface area contributed by atoms with Gasteiger partial charge in [0, 0.05) is 19.1 Å². The number of hydrogen-bond acceptors (Lipinski definition) is 2. The van der Waals surface area contributed by atoms with Crippen molar-refractivity contribution in [3.63, 3.8) is 0 Å². The average molecular weight is 435 g/mol. The molecule has 0 bridgehead atoms. The van der Waals surface area contributed by atoms with Gasteiger partial charge in [0.2, 0.25) is 0 Å². The van der Waals surface area contributed by atoms with Crippen LogP contribution in [0.25, 0.3) is 0 Å². The van der Waals surface area contributed by atoms with E-state index in [-0.39, 0.29) is 19.1 Å². The number of rotatable bonds is 9. The van der Waals surface area contributed by atoms with E-state index in [1.54, 1.807) is 12.1 Å². The molecule has 1 aliphatic carbocycles. The van der Waals surface area contributed by atoms with E-state index in [9.17, 15) is 13.2 Å². The maximum atomic E-state index is 13.7. The maximum Gasteiger partial charge on any atom is 0.416 e. The van der Waals surface area contributed by atoms with Gasteiger partial charge in [-0.1, -0.05) is 55.7 Å². The first kappa shape index (κ1) is 23.8. The summed E-state index contributed by atoms with van der Waals surface area (Å²) in [5, 5.41) is 18.3. The van der Waals surface area contributed by atoms with Crippen molar-refractivity contribution in [3.8, 4) is 0 Å². The molecule has 1 saturated carbocycles. The Balaban J connectivity index is 1.66. The van der Waals surface area contributed by atoms with Crippen molar-refractivity contribution in [1.29, 1.82) is 0 Å². The van der Waals surface area contributed by atoms with Crippen LogP contribution in [0.1, 0.15) is 72.3 Å². The van der Waals surface area contributed by atoms with E-state index in [4.69, 9.17) is 10.2 Å². The van der Waals surface area contributed by atoms with Crippen LogP contribution in [0.15, 0.2) is 42.5 Å². The highest BCUT2D eigenvalue weighted by atomic mass is 19.4. The first-order valence-corrected chi connectivity index (χ1v) is 11.4. The van der Waals surface area contributed by atoms with Crippen molar-refractivity contribution >= 4 is 0 Å². The van der Waals surface area contributed by atoms with E-state index >= 15 is 0 Å². The topological polar surface area (TPSA) is 40.5 Å². The molecule has 0 aromatic heterocycles. The minimum atomic E-state index is -4.40. The Morgan fingerprint density at radius 3 is 2.06 bits per heavy atom. The second-order valence-corrected chi connectivity index (χ2v) is 8.84.